The first-order chi connectivity index (χ1) is 13.0. The Morgan fingerprint density at radius 3 is 2.52 bits per heavy atom. The van der Waals surface area contributed by atoms with Gasteiger partial charge in [-0.25, -0.2) is 13.4 Å². The van der Waals surface area contributed by atoms with Gasteiger partial charge in [-0.1, -0.05) is 24.3 Å². The van der Waals surface area contributed by atoms with Crippen LogP contribution in [0.15, 0.2) is 47.5 Å². The van der Waals surface area contributed by atoms with Gasteiger partial charge in [-0.15, -0.1) is 0 Å². The Morgan fingerprint density at radius 1 is 1.11 bits per heavy atom. The van der Waals surface area contributed by atoms with E-state index in [1.165, 1.54) is 6.26 Å². The Bertz CT molecular complexity index is 859. The number of aryl methyl sites for hydroxylation is 1. The number of hydrogen-bond acceptors (Lipinski definition) is 5. The minimum absolute atomic E-state index is 0.478. The lowest BCUT2D eigenvalue weighted by Gasteiger charge is -2.32. The van der Waals surface area contributed by atoms with Gasteiger partial charge in [0.1, 0.15) is 0 Å². The number of methoxy groups -OCH3 is 1. The smallest absolute Gasteiger partial charge is 0.217 e. The molecule has 0 unspecified atom stereocenters. The molecule has 1 aliphatic heterocycles. The van der Waals surface area contributed by atoms with Gasteiger partial charge < -0.3 is 4.74 Å². The Labute approximate surface area is 162 Å². The first-order valence-corrected chi connectivity index (χ1v) is 11.3. The molecule has 0 radical (unpaired) electrons. The van der Waals surface area contributed by atoms with Crippen molar-refractivity contribution in [2.75, 3.05) is 26.5 Å². The monoisotopic (exact) mass is 388 g/mol. The number of piperidine rings is 1. The molecule has 1 aliphatic rings. The van der Waals surface area contributed by atoms with Crippen LogP contribution in [0.5, 0.6) is 5.88 Å². The van der Waals surface area contributed by atoms with Crippen LogP contribution in [0.3, 0.4) is 0 Å². The molecule has 2 heterocycles. The summed E-state index contributed by atoms with van der Waals surface area (Å²) in [6.07, 6.45) is 7.19. The number of nitrogens with zero attached hydrogens (tertiary/aromatic N) is 2. The Balaban J connectivity index is 1.52. The predicted molar refractivity (Wildman–Crippen MR) is 107 cm³/mol. The van der Waals surface area contributed by atoms with E-state index in [0.29, 0.717) is 16.7 Å². The molecule has 146 valence electrons. The number of aromatic nitrogens is 1. The van der Waals surface area contributed by atoms with Crippen molar-refractivity contribution < 1.29 is 13.2 Å². The highest BCUT2D eigenvalue weighted by molar-refractivity contribution is 7.90. The van der Waals surface area contributed by atoms with Crippen molar-refractivity contribution >= 4 is 9.84 Å². The van der Waals surface area contributed by atoms with Gasteiger partial charge in [0, 0.05) is 24.6 Å². The van der Waals surface area contributed by atoms with Crippen LogP contribution in [0.2, 0.25) is 0 Å². The topological polar surface area (TPSA) is 59.5 Å². The lowest BCUT2D eigenvalue weighted by molar-refractivity contribution is 0.170. The van der Waals surface area contributed by atoms with Gasteiger partial charge in [0.2, 0.25) is 5.88 Å². The fourth-order valence-corrected chi connectivity index (χ4v) is 4.81. The summed E-state index contributed by atoms with van der Waals surface area (Å²) < 4.78 is 29.3. The molecule has 0 bridgehead atoms. The van der Waals surface area contributed by atoms with Crippen LogP contribution in [0.4, 0.5) is 0 Å². The normalized spacial score (nSPS) is 16.4. The molecule has 1 aromatic heterocycles. The number of hydrogen-bond donors (Lipinski definition) is 0. The molecule has 1 aromatic carbocycles. The van der Waals surface area contributed by atoms with E-state index in [4.69, 9.17) is 4.74 Å². The maximum absolute atomic E-state index is 12.0. The van der Waals surface area contributed by atoms with Crippen LogP contribution in [-0.4, -0.2) is 44.8 Å². The average molecular weight is 389 g/mol. The number of pyridine rings is 1. The van der Waals surface area contributed by atoms with E-state index in [1.54, 1.807) is 25.4 Å². The van der Waals surface area contributed by atoms with Gasteiger partial charge in [-0.2, -0.15) is 0 Å². The van der Waals surface area contributed by atoms with Gasteiger partial charge >= 0.3 is 0 Å². The van der Waals surface area contributed by atoms with Gasteiger partial charge in [-0.05, 0) is 62.4 Å². The summed E-state index contributed by atoms with van der Waals surface area (Å²) in [5.74, 6) is 1.35. The molecule has 27 heavy (non-hydrogen) atoms. The Kier molecular flexibility index (Phi) is 6.50. The maximum Gasteiger partial charge on any atom is 0.217 e. The van der Waals surface area contributed by atoms with Crippen LogP contribution in [0.1, 0.15) is 30.4 Å². The second-order valence-electron chi connectivity index (χ2n) is 7.31. The largest absolute Gasteiger partial charge is 0.481 e. The third kappa shape index (κ3) is 5.30. The van der Waals surface area contributed by atoms with Crippen LogP contribution in [0.25, 0.3) is 0 Å². The van der Waals surface area contributed by atoms with Gasteiger partial charge in [0.05, 0.1) is 12.0 Å². The highest BCUT2D eigenvalue weighted by Gasteiger charge is 2.21. The Hall–Kier alpha value is -1.92. The van der Waals surface area contributed by atoms with Gasteiger partial charge in [0.25, 0.3) is 0 Å². The summed E-state index contributed by atoms with van der Waals surface area (Å²) in [6, 6.07) is 11.4. The molecule has 5 nitrogen and oxygen atoms in total. The summed E-state index contributed by atoms with van der Waals surface area (Å²) in [6.45, 7) is 2.97. The van der Waals surface area contributed by atoms with Crippen molar-refractivity contribution in [3.05, 3.63) is 53.7 Å². The molecule has 1 fully saturated rings. The zero-order chi connectivity index (χ0) is 19.3. The minimum Gasteiger partial charge on any atom is -0.481 e. The first-order valence-electron chi connectivity index (χ1n) is 9.45. The standard InChI is InChI=1S/C21H28N2O3S/c1-26-21-19(7-5-13-22-21)16-23-14-11-17(12-15-23)9-10-18-6-3-4-8-20(18)27(2,24)25/h3-8,13,17H,9-12,14-16H2,1-2H3. The summed E-state index contributed by atoms with van der Waals surface area (Å²) >= 11 is 0. The van der Waals surface area contributed by atoms with Crippen molar-refractivity contribution in [3.8, 4) is 5.88 Å². The SMILES string of the molecule is COc1ncccc1CN1CCC(CCc2ccccc2S(C)(=O)=O)CC1. The van der Waals surface area contributed by atoms with Crippen molar-refractivity contribution in [2.24, 2.45) is 5.92 Å². The zero-order valence-electron chi connectivity index (χ0n) is 16.1. The van der Waals surface area contributed by atoms with Gasteiger partial charge in [0.15, 0.2) is 9.84 Å². The summed E-state index contributed by atoms with van der Waals surface area (Å²) in [4.78, 5) is 7.19. The van der Waals surface area contributed by atoms with E-state index < -0.39 is 9.84 Å². The molecule has 0 aliphatic carbocycles. The molecule has 0 atom stereocenters. The van der Waals surface area contributed by atoms with Crippen molar-refractivity contribution in [1.29, 1.82) is 0 Å². The molecule has 0 saturated carbocycles. The van der Waals surface area contributed by atoms with E-state index in [2.05, 4.69) is 16.0 Å². The highest BCUT2D eigenvalue weighted by atomic mass is 32.2. The van der Waals surface area contributed by atoms with Crippen LogP contribution < -0.4 is 4.74 Å². The number of sulfone groups is 1. The maximum atomic E-state index is 12.0. The number of rotatable bonds is 7. The second kappa shape index (κ2) is 8.85. The quantitative estimate of drug-likeness (QED) is 0.728. The third-order valence-electron chi connectivity index (χ3n) is 5.34. The highest BCUT2D eigenvalue weighted by Crippen LogP contribution is 2.26. The lowest BCUT2D eigenvalue weighted by atomic mass is 9.90. The third-order valence-corrected chi connectivity index (χ3v) is 6.54. The Morgan fingerprint density at radius 2 is 1.81 bits per heavy atom. The predicted octanol–water partition coefficient (Wildman–Crippen LogP) is 3.34. The summed E-state index contributed by atoms with van der Waals surface area (Å²) in [5.41, 5.74) is 2.07. The molecule has 0 N–H and O–H groups in total. The molecular formula is C21H28N2O3S. The van der Waals surface area contributed by atoms with E-state index in [-0.39, 0.29) is 0 Å². The van der Waals surface area contributed by atoms with Crippen LogP contribution in [0, 0.1) is 5.92 Å². The zero-order valence-corrected chi connectivity index (χ0v) is 16.9. The number of likely N-dealkylation sites (tertiary alicyclic amines) is 1. The van der Waals surface area contributed by atoms with E-state index in [1.807, 2.05) is 18.2 Å². The van der Waals surface area contributed by atoms with Crippen LogP contribution in [-0.2, 0) is 22.8 Å². The number of benzene rings is 1. The summed E-state index contributed by atoms with van der Waals surface area (Å²) in [5, 5.41) is 0. The van der Waals surface area contributed by atoms with E-state index in [9.17, 15) is 8.42 Å². The molecule has 2 aromatic rings. The minimum atomic E-state index is -3.16. The van der Waals surface area contributed by atoms with Crippen molar-refractivity contribution in [3.63, 3.8) is 0 Å². The molecular weight excluding hydrogens is 360 g/mol. The molecule has 3 rings (SSSR count). The van der Waals surface area contributed by atoms with E-state index in [0.717, 1.165) is 56.4 Å². The average Bonchev–Trinajstić information content (AvgIpc) is 2.67. The molecule has 0 amide bonds. The fraction of sp³-hybridized carbons (Fsp3) is 0.476. The molecule has 1 saturated heterocycles. The molecule has 6 heteroatoms. The first kappa shape index (κ1) is 19.8. The van der Waals surface area contributed by atoms with Crippen LogP contribution >= 0.6 is 0 Å². The molecule has 0 spiro atoms. The van der Waals surface area contributed by atoms with Gasteiger partial charge in [-0.3, -0.25) is 4.90 Å². The van der Waals surface area contributed by atoms with E-state index >= 15 is 0 Å². The fourth-order valence-electron chi connectivity index (χ4n) is 3.83. The van der Waals surface area contributed by atoms with Crippen molar-refractivity contribution in [2.45, 2.75) is 37.1 Å². The summed E-state index contributed by atoms with van der Waals surface area (Å²) in [7, 11) is -1.50. The lowest BCUT2D eigenvalue weighted by Crippen LogP contribution is -2.33. The second-order valence-corrected chi connectivity index (χ2v) is 9.29. The van der Waals surface area contributed by atoms with Crippen molar-refractivity contribution in [1.82, 2.24) is 9.88 Å². The number of ether oxygens (including phenoxy) is 1.